The van der Waals surface area contributed by atoms with Gasteiger partial charge in [-0.1, -0.05) is 29.9 Å². The van der Waals surface area contributed by atoms with E-state index in [1.807, 2.05) is 34.6 Å². The number of ether oxygens (including phenoxy) is 4. The van der Waals surface area contributed by atoms with Crippen LogP contribution in [-0.2, 0) is 25.5 Å². The Balaban J connectivity index is 1.52. The van der Waals surface area contributed by atoms with Crippen molar-refractivity contribution in [3.05, 3.63) is 64.3 Å². The Hall–Kier alpha value is -3.65. The van der Waals surface area contributed by atoms with Crippen molar-refractivity contribution in [2.24, 2.45) is 17.8 Å². The maximum atomic E-state index is 15.0. The fourth-order valence-corrected chi connectivity index (χ4v) is 9.52. The molecule has 1 aromatic carbocycles. The van der Waals surface area contributed by atoms with Crippen LogP contribution in [0.2, 0.25) is 0 Å². The van der Waals surface area contributed by atoms with E-state index in [0.29, 0.717) is 48.2 Å². The molecular weight excluding hydrogens is 584 g/mol. The van der Waals surface area contributed by atoms with E-state index in [1.165, 1.54) is 0 Å². The highest BCUT2D eigenvalue weighted by Crippen LogP contribution is 2.69. The molecule has 4 aliphatic carbocycles. The molecule has 8 heteroatoms. The summed E-state index contributed by atoms with van der Waals surface area (Å²) >= 11 is 0. The SMILES string of the molecule is C=C(C)C1CC[C@]2(C)C[C@H]1c1c(O)c3c(c(CC=C(C)C)c1O2)O[C@]12C(=CC4CC1C(C)(C)O[C@@]2(/C=C/C(C)OC=O)C4=O)C3=O. The van der Waals surface area contributed by atoms with Crippen LogP contribution in [0.4, 0.5) is 0 Å². The van der Waals surface area contributed by atoms with E-state index in [1.54, 1.807) is 25.2 Å². The first-order valence-electron chi connectivity index (χ1n) is 16.5. The number of phenols is 1. The largest absolute Gasteiger partial charge is 0.507 e. The van der Waals surface area contributed by atoms with Crippen LogP contribution in [0.5, 0.6) is 17.2 Å². The number of fused-ring (bicyclic) bond motifs is 5. The molecular formula is C38H44O8. The Morgan fingerprint density at radius 3 is 2.59 bits per heavy atom. The van der Waals surface area contributed by atoms with Gasteiger partial charge in [-0.05, 0) is 98.6 Å². The van der Waals surface area contributed by atoms with Crippen molar-refractivity contribution in [2.45, 2.75) is 115 Å². The van der Waals surface area contributed by atoms with Gasteiger partial charge in [0.05, 0.1) is 5.60 Å². The fraction of sp³-hybridized carbons (Fsp3) is 0.553. The van der Waals surface area contributed by atoms with Crippen molar-refractivity contribution in [2.75, 3.05) is 0 Å². The van der Waals surface area contributed by atoms with Crippen molar-refractivity contribution in [1.82, 2.24) is 0 Å². The zero-order valence-corrected chi connectivity index (χ0v) is 27.8. The first kappa shape index (κ1) is 31.0. The number of hydrogen-bond acceptors (Lipinski definition) is 8. The number of benzene rings is 1. The van der Waals surface area contributed by atoms with E-state index in [9.17, 15) is 19.5 Å². The number of phenolic OH excluding ortho intramolecular Hbond substituents is 1. The van der Waals surface area contributed by atoms with E-state index >= 15 is 0 Å². The summed E-state index contributed by atoms with van der Waals surface area (Å²) in [5, 5.41) is 12.2. The number of allylic oxidation sites excluding steroid dienone is 4. The number of carbonyl (C=O) groups is 3. The minimum atomic E-state index is -1.64. The van der Waals surface area contributed by atoms with E-state index in [-0.39, 0.29) is 46.4 Å². The number of aromatic hydroxyl groups is 1. The Bertz CT molecular complexity index is 1690. The molecule has 3 aliphatic heterocycles. The van der Waals surface area contributed by atoms with Crippen molar-refractivity contribution in [3.63, 3.8) is 0 Å². The Morgan fingerprint density at radius 1 is 1.17 bits per heavy atom. The maximum Gasteiger partial charge on any atom is 0.293 e. The number of hydrogen-bond donors (Lipinski definition) is 1. The van der Waals surface area contributed by atoms with Crippen LogP contribution in [0, 0.1) is 17.8 Å². The second-order valence-corrected chi connectivity index (χ2v) is 15.4. The molecule has 8 atom stereocenters. The summed E-state index contributed by atoms with van der Waals surface area (Å²) in [4.78, 5) is 40.4. The second kappa shape index (κ2) is 9.93. The van der Waals surface area contributed by atoms with Crippen LogP contribution in [0.3, 0.4) is 0 Å². The summed E-state index contributed by atoms with van der Waals surface area (Å²) in [5.41, 5.74) is -0.480. The van der Waals surface area contributed by atoms with Crippen LogP contribution in [0.15, 0.2) is 47.6 Å². The molecule has 1 N–H and O–H groups in total. The Morgan fingerprint density at radius 2 is 1.91 bits per heavy atom. The minimum Gasteiger partial charge on any atom is -0.507 e. The van der Waals surface area contributed by atoms with Crippen LogP contribution in [0.1, 0.15) is 102 Å². The number of carbonyl (C=O) groups excluding carboxylic acids is 3. The predicted octanol–water partition coefficient (Wildman–Crippen LogP) is 6.64. The summed E-state index contributed by atoms with van der Waals surface area (Å²) in [5.74, 6) is -0.685. The second-order valence-electron chi connectivity index (χ2n) is 15.4. The average molecular weight is 629 g/mol. The third kappa shape index (κ3) is 3.91. The molecule has 7 aliphatic rings. The van der Waals surface area contributed by atoms with Crippen LogP contribution in [0.25, 0.3) is 0 Å². The van der Waals surface area contributed by atoms with Gasteiger partial charge in [0.2, 0.25) is 0 Å². The Kier molecular flexibility index (Phi) is 6.68. The van der Waals surface area contributed by atoms with Gasteiger partial charge in [-0.15, -0.1) is 0 Å². The van der Waals surface area contributed by atoms with Crippen LogP contribution < -0.4 is 9.47 Å². The number of rotatable bonds is 7. The van der Waals surface area contributed by atoms with E-state index < -0.39 is 34.4 Å². The molecule has 4 unspecified atom stereocenters. The number of ketones is 2. The van der Waals surface area contributed by atoms with Gasteiger partial charge in [0, 0.05) is 34.5 Å². The lowest BCUT2D eigenvalue weighted by Gasteiger charge is -2.56. The van der Waals surface area contributed by atoms with Crippen molar-refractivity contribution in [3.8, 4) is 17.2 Å². The molecule has 0 amide bonds. The first-order chi connectivity index (χ1) is 21.6. The zero-order valence-electron chi connectivity index (χ0n) is 27.8. The molecule has 1 aromatic rings. The highest BCUT2D eigenvalue weighted by atomic mass is 16.6. The van der Waals surface area contributed by atoms with Gasteiger partial charge in [-0.2, -0.15) is 0 Å². The van der Waals surface area contributed by atoms with Crippen molar-refractivity contribution in [1.29, 1.82) is 0 Å². The Labute approximate surface area is 270 Å². The number of Topliss-reactive ketones (excluding diaryl/α,β-unsaturated/α-hetero) is 2. The molecule has 3 heterocycles. The zero-order chi connectivity index (χ0) is 33.1. The third-order valence-corrected chi connectivity index (χ3v) is 11.6. The molecule has 6 bridgehead atoms. The lowest BCUT2D eigenvalue weighted by molar-refractivity contribution is -0.160. The van der Waals surface area contributed by atoms with Crippen molar-refractivity contribution < 1.29 is 38.4 Å². The molecule has 1 saturated heterocycles. The quantitative estimate of drug-likeness (QED) is 0.265. The van der Waals surface area contributed by atoms with Gasteiger partial charge in [0.15, 0.2) is 22.8 Å². The monoisotopic (exact) mass is 628 g/mol. The predicted molar refractivity (Wildman–Crippen MR) is 171 cm³/mol. The first-order valence-corrected chi connectivity index (χ1v) is 16.5. The summed E-state index contributed by atoms with van der Waals surface area (Å²) in [6, 6.07) is 0. The lowest BCUT2D eigenvalue weighted by Crippen LogP contribution is -2.71. The minimum absolute atomic E-state index is 0.0650. The average Bonchev–Trinajstić information content (AvgIpc) is 3.12. The standard InChI is InChI=1S/C38H44O8/c1-19(2)9-10-24-32-28(25-17-36(8,44-32)13-12-23(25)20(3)4)31(41)29-30(40)26-15-22-16-27-35(6,7)46-37(34(22)42,14-11-21(5)43-18-39)38(26,27)45-33(24)29/h9,11,14-15,18,21-23,25,27,41H,3,10,12-13,16-17H2,1-2,4-8H3/b14-11+/t21?,22?,23?,25-,27?,36-,37+,38-/m1/s1. The molecule has 0 radical (unpaired) electrons. The van der Waals surface area contributed by atoms with Crippen LogP contribution >= 0.6 is 0 Å². The van der Waals surface area contributed by atoms with Gasteiger partial charge in [-0.25, -0.2) is 0 Å². The smallest absolute Gasteiger partial charge is 0.293 e. The van der Waals surface area contributed by atoms with E-state index in [4.69, 9.17) is 18.9 Å². The van der Waals surface area contributed by atoms with Gasteiger partial charge in [0.1, 0.15) is 34.5 Å². The highest BCUT2D eigenvalue weighted by molar-refractivity contribution is 6.19. The highest BCUT2D eigenvalue weighted by Gasteiger charge is 2.81. The van der Waals surface area contributed by atoms with E-state index in [0.717, 1.165) is 24.0 Å². The summed E-state index contributed by atoms with van der Waals surface area (Å²) < 4.78 is 25.9. The molecule has 244 valence electrons. The normalized spacial score (nSPS) is 36.5. The summed E-state index contributed by atoms with van der Waals surface area (Å²) in [7, 11) is 0. The molecule has 3 fully saturated rings. The topological polar surface area (TPSA) is 108 Å². The van der Waals surface area contributed by atoms with Gasteiger partial charge in [-0.3, -0.25) is 14.4 Å². The van der Waals surface area contributed by atoms with E-state index in [2.05, 4.69) is 19.6 Å². The molecule has 8 nitrogen and oxygen atoms in total. The van der Waals surface area contributed by atoms with Gasteiger partial charge < -0.3 is 24.1 Å². The van der Waals surface area contributed by atoms with Gasteiger partial charge >= 0.3 is 0 Å². The molecule has 8 rings (SSSR count). The molecule has 0 aromatic heterocycles. The summed E-state index contributed by atoms with van der Waals surface area (Å²) in [6.07, 6.45) is 9.74. The molecule has 46 heavy (non-hydrogen) atoms. The van der Waals surface area contributed by atoms with Crippen LogP contribution in [-0.4, -0.2) is 51.7 Å². The summed E-state index contributed by atoms with van der Waals surface area (Å²) in [6.45, 7) is 18.4. The third-order valence-electron chi connectivity index (χ3n) is 11.6. The van der Waals surface area contributed by atoms with Crippen molar-refractivity contribution >= 4 is 18.0 Å². The maximum absolute atomic E-state index is 15.0. The molecule has 2 saturated carbocycles. The lowest BCUT2D eigenvalue weighted by atomic mass is 9.51. The van der Waals surface area contributed by atoms with Gasteiger partial charge in [0.25, 0.3) is 6.47 Å². The molecule has 1 spiro atoms. The fourth-order valence-electron chi connectivity index (χ4n) is 9.52.